The molecule has 1 unspecified atom stereocenters. The minimum absolute atomic E-state index is 0.0577. The summed E-state index contributed by atoms with van der Waals surface area (Å²) in [5.74, 6) is 1.55. The van der Waals surface area contributed by atoms with Gasteiger partial charge in [0.25, 0.3) is 5.91 Å². The Bertz CT molecular complexity index is 703. The molecule has 0 spiro atoms. The van der Waals surface area contributed by atoms with Gasteiger partial charge in [0.1, 0.15) is 0 Å². The van der Waals surface area contributed by atoms with Gasteiger partial charge in [0.2, 0.25) is 6.79 Å². The van der Waals surface area contributed by atoms with Crippen LogP contribution in [-0.4, -0.2) is 37.4 Å². The topological polar surface area (TPSA) is 50.8 Å². The summed E-state index contributed by atoms with van der Waals surface area (Å²) >= 11 is 0. The first kappa shape index (κ1) is 16.3. The second-order valence-electron chi connectivity index (χ2n) is 6.03. The summed E-state index contributed by atoms with van der Waals surface area (Å²) in [6.45, 7) is 2.93. The van der Waals surface area contributed by atoms with E-state index in [9.17, 15) is 4.79 Å². The quantitative estimate of drug-likeness (QED) is 0.829. The van der Waals surface area contributed by atoms with Crippen molar-refractivity contribution in [1.29, 1.82) is 0 Å². The van der Waals surface area contributed by atoms with E-state index in [0.29, 0.717) is 19.0 Å². The van der Waals surface area contributed by atoms with Crippen LogP contribution in [0.15, 0.2) is 48.5 Å². The standard InChI is InChI=1S/C19H22N2O3/c1-14(10-15-8-9-17-18(11-15)24-13-23-17)21(2)12-20-19(22)16-6-4-3-5-7-16/h3-9,11,14H,10,12-13H2,1-2H3,(H,20,22). The average Bonchev–Trinajstić information content (AvgIpc) is 3.07. The number of carbonyl (C=O) groups is 1. The Kier molecular flexibility index (Phi) is 5.01. The molecule has 0 fully saturated rings. The Morgan fingerprint density at radius 1 is 1.17 bits per heavy atom. The fourth-order valence-electron chi connectivity index (χ4n) is 2.61. The van der Waals surface area contributed by atoms with E-state index in [4.69, 9.17) is 9.47 Å². The van der Waals surface area contributed by atoms with Crippen molar-refractivity contribution in [2.45, 2.75) is 19.4 Å². The Hall–Kier alpha value is -2.53. The number of hydrogen-bond donors (Lipinski definition) is 1. The highest BCUT2D eigenvalue weighted by molar-refractivity contribution is 5.94. The molecule has 1 N–H and O–H groups in total. The Morgan fingerprint density at radius 3 is 2.71 bits per heavy atom. The normalized spacial score (nSPS) is 13.8. The van der Waals surface area contributed by atoms with Gasteiger partial charge in [-0.2, -0.15) is 0 Å². The van der Waals surface area contributed by atoms with Gasteiger partial charge >= 0.3 is 0 Å². The summed E-state index contributed by atoms with van der Waals surface area (Å²) < 4.78 is 10.7. The molecule has 3 rings (SSSR count). The van der Waals surface area contributed by atoms with Crippen LogP contribution in [0.4, 0.5) is 0 Å². The van der Waals surface area contributed by atoms with Crippen molar-refractivity contribution in [2.75, 3.05) is 20.5 Å². The van der Waals surface area contributed by atoms with Crippen LogP contribution < -0.4 is 14.8 Å². The first-order valence-corrected chi connectivity index (χ1v) is 8.05. The number of ether oxygens (including phenoxy) is 2. The molecule has 1 aliphatic heterocycles. The van der Waals surface area contributed by atoms with Gasteiger partial charge in [0.15, 0.2) is 11.5 Å². The number of fused-ring (bicyclic) bond motifs is 1. The smallest absolute Gasteiger partial charge is 0.252 e. The molecule has 1 amide bonds. The molecule has 2 aromatic carbocycles. The van der Waals surface area contributed by atoms with E-state index in [-0.39, 0.29) is 11.9 Å². The minimum Gasteiger partial charge on any atom is -0.454 e. The van der Waals surface area contributed by atoms with Crippen molar-refractivity contribution in [3.63, 3.8) is 0 Å². The highest BCUT2D eigenvalue weighted by Gasteiger charge is 2.16. The van der Waals surface area contributed by atoms with Gasteiger partial charge in [0, 0.05) is 11.6 Å². The van der Waals surface area contributed by atoms with Gasteiger partial charge in [-0.25, -0.2) is 0 Å². The SMILES string of the molecule is CC(Cc1ccc2c(c1)OCO2)N(C)CNC(=O)c1ccccc1. The van der Waals surface area contributed by atoms with Gasteiger partial charge in [-0.15, -0.1) is 0 Å². The van der Waals surface area contributed by atoms with Crippen molar-refractivity contribution < 1.29 is 14.3 Å². The highest BCUT2D eigenvalue weighted by Crippen LogP contribution is 2.32. The monoisotopic (exact) mass is 326 g/mol. The molecule has 126 valence electrons. The zero-order valence-electron chi connectivity index (χ0n) is 14.0. The van der Waals surface area contributed by atoms with Crippen LogP contribution in [0.5, 0.6) is 11.5 Å². The Balaban J connectivity index is 1.51. The van der Waals surface area contributed by atoms with E-state index in [1.165, 1.54) is 5.56 Å². The number of hydrogen-bond acceptors (Lipinski definition) is 4. The average molecular weight is 326 g/mol. The van der Waals surface area contributed by atoms with E-state index in [1.807, 2.05) is 49.5 Å². The first-order chi connectivity index (χ1) is 11.6. The second kappa shape index (κ2) is 7.36. The zero-order chi connectivity index (χ0) is 16.9. The third kappa shape index (κ3) is 3.86. The van der Waals surface area contributed by atoms with Gasteiger partial charge in [-0.1, -0.05) is 24.3 Å². The summed E-state index contributed by atoms with van der Waals surface area (Å²) in [5.41, 5.74) is 1.86. The molecule has 0 bridgehead atoms. The van der Waals surface area contributed by atoms with E-state index >= 15 is 0 Å². The number of carbonyl (C=O) groups excluding carboxylic acids is 1. The van der Waals surface area contributed by atoms with Crippen LogP contribution in [0.1, 0.15) is 22.8 Å². The van der Waals surface area contributed by atoms with Crippen LogP contribution in [-0.2, 0) is 6.42 Å². The lowest BCUT2D eigenvalue weighted by molar-refractivity contribution is 0.0919. The number of likely N-dealkylation sites (N-methyl/N-ethyl adjacent to an activating group) is 1. The van der Waals surface area contributed by atoms with Crippen LogP contribution in [0.25, 0.3) is 0 Å². The van der Waals surface area contributed by atoms with Crippen molar-refractivity contribution >= 4 is 5.91 Å². The molecule has 1 heterocycles. The largest absolute Gasteiger partial charge is 0.454 e. The summed E-state index contributed by atoms with van der Waals surface area (Å²) in [6, 6.07) is 15.5. The zero-order valence-corrected chi connectivity index (χ0v) is 14.0. The first-order valence-electron chi connectivity index (χ1n) is 8.05. The number of benzene rings is 2. The van der Waals surface area contributed by atoms with E-state index in [1.54, 1.807) is 0 Å². The van der Waals surface area contributed by atoms with Crippen LogP contribution >= 0.6 is 0 Å². The second-order valence-corrected chi connectivity index (χ2v) is 6.03. The van der Waals surface area contributed by atoms with Crippen molar-refractivity contribution in [3.8, 4) is 11.5 Å². The maximum absolute atomic E-state index is 12.1. The molecule has 1 aliphatic rings. The molecule has 0 saturated heterocycles. The molecule has 2 aromatic rings. The highest BCUT2D eigenvalue weighted by atomic mass is 16.7. The number of nitrogens with zero attached hydrogens (tertiary/aromatic N) is 1. The van der Waals surface area contributed by atoms with Gasteiger partial charge in [0.05, 0.1) is 6.67 Å². The summed E-state index contributed by atoms with van der Waals surface area (Å²) in [5, 5.41) is 2.95. The number of nitrogens with one attached hydrogen (secondary N) is 1. The lowest BCUT2D eigenvalue weighted by atomic mass is 10.1. The van der Waals surface area contributed by atoms with Crippen LogP contribution in [0.3, 0.4) is 0 Å². The molecule has 0 aliphatic carbocycles. The molecular weight excluding hydrogens is 304 g/mol. The molecule has 24 heavy (non-hydrogen) atoms. The Morgan fingerprint density at radius 2 is 1.92 bits per heavy atom. The summed E-state index contributed by atoms with van der Waals surface area (Å²) in [4.78, 5) is 14.2. The molecule has 5 heteroatoms. The van der Waals surface area contributed by atoms with Gasteiger partial charge in [-0.3, -0.25) is 9.69 Å². The van der Waals surface area contributed by atoms with Crippen LogP contribution in [0.2, 0.25) is 0 Å². The minimum atomic E-state index is -0.0577. The van der Waals surface area contributed by atoms with E-state index in [0.717, 1.165) is 17.9 Å². The summed E-state index contributed by atoms with van der Waals surface area (Å²) in [6.07, 6.45) is 0.869. The van der Waals surface area contributed by atoms with E-state index in [2.05, 4.69) is 23.2 Å². The number of amides is 1. The predicted octanol–water partition coefficient (Wildman–Crippen LogP) is 2.67. The fourth-order valence-corrected chi connectivity index (χ4v) is 2.61. The predicted molar refractivity (Wildman–Crippen MR) is 92.3 cm³/mol. The van der Waals surface area contributed by atoms with Gasteiger partial charge < -0.3 is 14.8 Å². The Labute approximate surface area is 142 Å². The molecule has 5 nitrogen and oxygen atoms in total. The van der Waals surface area contributed by atoms with Crippen molar-refractivity contribution in [1.82, 2.24) is 10.2 Å². The molecule has 0 saturated carbocycles. The maximum Gasteiger partial charge on any atom is 0.252 e. The van der Waals surface area contributed by atoms with Gasteiger partial charge in [-0.05, 0) is 50.2 Å². The molecule has 1 atom stereocenters. The van der Waals surface area contributed by atoms with Crippen molar-refractivity contribution in [2.24, 2.45) is 0 Å². The van der Waals surface area contributed by atoms with Crippen LogP contribution in [0, 0.1) is 0 Å². The van der Waals surface area contributed by atoms with E-state index < -0.39 is 0 Å². The summed E-state index contributed by atoms with van der Waals surface area (Å²) in [7, 11) is 2.00. The molecule has 0 aromatic heterocycles. The molecular formula is C19H22N2O3. The molecule has 0 radical (unpaired) electrons. The maximum atomic E-state index is 12.1. The lowest BCUT2D eigenvalue weighted by Gasteiger charge is -2.25. The number of rotatable bonds is 6. The fraction of sp³-hybridized carbons (Fsp3) is 0.316. The lowest BCUT2D eigenvalue weighted by Crippen LogP contribution is -2.40. The third-order valence-corrected chi connectivity index (χ3v) is 4.25. The third-order valence-electron chi connectivity index (χ3n) is 4.25. The van der Waals surface area contributed by atoms with Crippen molar-refractivity contribution in [3.05, 3.63) is 59.7 Å².